The minimum atomic E-state index is 0.105. The third-order valence-corrected chi connectivity index (χ3v) is 26.0. The molecule has 0 aromatic heterocycles. The van der Waals surface area contributed by atoms with Gasteiger partial charge in [0.05, 0.1) is 0 Å². The van der Waals surface area contributed by atoms with Crippen molar-refractivity contribution in [1.29, 1.82) is 0 Å². The van der Waals surface area contributed by atoms with Gasteiger partial charge in [0, 0.05) is 34.5 Å². The molecule has 0 aliphatic heterocycles. The van der Waals surface area contributed by atoms with Crippen LogP contribution >= 0.6 is 0 Å². The van der Waals surface area contributed by atoms with E-state index in [-0.39, 0.29) is 34.5 Å². The summed E-state index contributed by atoms with van der Waals surface area (Å²) in [6.45, 7) is 9.47. The Balaban J connectivity index is 0.000000112. The molecular formula is C112H80. The summed E-state index contributed by atoms with van der Waals surface area (Å²) in [4.78, 5) is 0. The molecule has 6 aliphatic rings. The molecule has 6 aliphatic carbocycles. The summed E-state index contributed by atoms with van der Waals surface area (Å²) in [6.07, 6.45) is 0. The van der Waals surface area contributed by atoms with Gasteiger partial charge in [0.2, 0.25) is 0 Å². The summed E-state index contributed by atoms with van der Waals surface area (Å²) in [6, 6.07) is 145. The lowest BCUT2D eigenvalue weighted by atomic mass is 9.76. The quantitative estimate of drug-likeness (QED) is 0.146. The lowest BCUT2D eigenvalue weighted by Crippen LogP contribution is -2.18. The lowest BCUT2D eigenvalue weighted by molar-refractivity contribution is 0.694. The molecule has 0 spiro atoms. The van der Waals surface area contributed by atoms with E-state index in [4.69, 9.17) is 0 Å². The first-order valence-electron chi connectivity index (χ1n) is 39.9. The van der Waals surface area contributed by atoms with Crippen LogP contribution in [0.2, 0.25) is 0 Å². The van der Waals surface area contributed by atoms with Crippen molar-refractivity contribution < 1.29 is 0 Å². The van der Waals surface area contributed by atoms with Gasteiger partial charge in [-0.1, -0.05) is 404 Å². The first-order valence-corrected chi connectivity index (χ1v) is 39.9. The molecule has 18 aromatic rings. The number of allylic oxidation sites excluding steroid dienone is 6. The van der Waals surface area contributed by atoms with Gasteiger partial charge in [-0.05, 0) is 221 Å². The van der Waals surface area contributed by atoms with Crippen LogP contribution in [0.25, 0.3) is 120 Å². The zero-order chi connectivity index (χ0) is 74.5. The van der Waals surface area contributed by atoms with E-state index in [1.165, 1.54) is 198 Å². The Bertz CT molecular complexity index is 6980. The van der Waals surface area contributed by atoms with Crippen molar-refractivity contribution in [2.75, 3.05) is 0 Å². The van der Waals surface area contributed by atoms with Crippen LogP contribution in [-0.4, -0.2) is 0 Å². The highest BCUT2D eigenvalue weighted by Gasteiger charge is 2.50. The highest BCUT2D eigenvalue weighted by atomic mass is 14.5. The third kappa shape index (κ3) is 10.1. The fourth-order valence-electron chi connectivity index (χ4n) is 21.3. The zero-order valence-electron chi connectivity index (χ0n) is 63.3. The van der Waals surface area contributed by atoms with Crippen molar-refractivity contribution in [3.8, 4) is 22.3 Å². The summed E-state index contributed by atoms with van der Waals surface area (Å²) >= 11 is 0. The summed E-state index contributed by atoms with van der Waals surface area (Å²) in [5.41, 5.74) is 36.8. The second-order valence-electron chi connectivity index (χ2n) is 32.7. The lowest BCUT2D eigenvalue weighted by Gasteiger charge is -2.27. The van der Waals surface area contributed by atoms with Crippen LogP contribution in [0.1, 0.15) is 140 Å². The van der Waals surface area contributed by atoms with Crippen molar-refractivity contribution >= 4 is 98.1 Å². The van der Waals surface area contributed by atoms with Crippen LogP contribution in [0.4, 0.5) is 0 Å². The van der Waals surface area contributed by atoms with Gasteiger partial charge >= 0.3 is 0 Å². The smallest absolute Gasteiger partial charge is 0.0367 e. The average Bonchev–Trinajstić information content (AvgIpc) is 1.52. The van der Waals surface area contributed by atoms with E-state index < -0.39 is 0 Å². The molecule has 0 bridgehead atoms. The number of hydrogen-bond donors (Lipinski definition) is 0. The molecule has 0 heteroatoms. The molecule has 0 N–H and O–H groups in total. The first kappa shape index (κ1) is 65.8. The number of benzene rings is 18. The van der Waals surface area contributed by atoms with Crippen LogP contribution in [0.5, 0.6) is 0 Å². The maximum absolute atomic E-state index is 2.42. The molecule has 0 fully saturated rings. The average molecular weight is 1430 g/mol. The fraction of sp³-hybridized carbons (Fsp3) is 0.0893. The van der Waals surface area contributed by atoms with E-state index in [0.717, 1.165) is 0 Å². The molecule has 0 saturated carbocycles. The van der Waals surface area contributed by atoms with Crippen LogP contribution in [0.3, 0.4) is 0 Å². The predicted molar refractivity (Wildman–Crippen MR) is 474 cm³/mol. The number of hydrogen-bond acceptors (Lipinski definition) is 0. The topological polar surface area (TPSA) is 0 Å². The molecule has 528 valence electrons. The molecule has 24 rings (SSSR count). The molecule has 0 nitrogen and oxygen atoms in total. The maximum atomic E-state index is 2.42. The Hall–Kier alpha value is -13.3. The van der Waals surface area contributed by atoms with E-state index in [1.54, 1.807) is 11.1 Å². The van der Waals surface area contributed by atoms with E-state index in [9.17, 15) is 0 Å². The van der Waals surface area contributed by atoms with Gasteiger partial charge < -0.3 is 0 Å². The number of fused-ring (bicyclic) bond motifs is 18. The third-order valence-electron chi connectivity index (χ3n) is 26.0. The SMILES string of the molecule is CC1(C)C2=C(c3ccccc31)C(C)(C)c1ccccc12.c1cc(-c2ccc3ccccc3c2)cc(C2C3=C(c4ccccc42)C(c2ccc4ccccc4c2)c2ccccc23)c1.c1ccc2c(c1)C1=C(c3ccccc3C1c1c3ccccc3c(-c3ccc4ccccc4c3)c3ccccc13)C2c1ccc2ccccc2c1. The minimum Gasteiger partial charge on any atom is -0.0619 e. The van der Waals surface area contributed by atoms with Crippen molar-refractivity contribution in [3.63, 3.8) is 0 Å². The Labute approximate surface area is 655 Å². The van der Waals surface area contributed by atoms with Gasteiger partial charge in [-0.3, -0.25) is 0 Å². The van der Waals surface area contributed by atoms with Crippen LogP contribution in [-0.2, 0) is 10.8 Å². The normalized spacial score (nSPS) is 17.3. The van der Waals surface area contributed by atoms with Gasteiger partial charge in [0.15, 0.2) is 0 Å². The predicted octanol–water partition coefficient (Wildman–Crippen LogP) is 29.2. The Morgan fingerprint density at radius 2 is 0.491 bits per heavy atom. The fourth-order valence-corrected chi connectivity index (χ4v) is 21.3. The van der Waals surface area contributed by atoms with Gasteiger partial charge in [0.25, 0.3) is 0 Å². The summed E-state index contributed by atoms with van der Waals surface area (Å²) in [5.74, 6) is 0.693. The highest BCUT2D eigenvalue weighted by Crippen LogP contribution is 2.66. The molecule has 0 amide bonds. The molecule has 4 unspecified atom stereocenters. The van der Waals surface area contributed by atoms with Gasteiger partial charge in [-0.15, -0.1) is 0 Å². The minimum absolute atomic E-state index is 0.105. The molecule has 112 heavy (non-hydrogen) atoms. The Morgan fingerprint density at radius 1 is 0.196 bits per heavy atom. The largest absolute Gasteiger partial charge is 0.0619 e. The van der Waals surface area contributed by atoms with Crippen molar-refractivity contribution in [3.05, 3.63) is 477 Å². The second-order valence-corrected chi connectivity index (χ2v) is 32.7. The molecule has 0 saturated heterocycles. The van der Waals surface area contributed by atoms with Crippen LogP contribution in [0, 0.1) is 0 Å². The van der Waals surface area contributed by atoms with Crippen LogP contribution < -0.4 is 0 Å². The highest BCUT2D eigenvalue weighted by molar-refractivity contribution is 6.20. The molecule has 18 aromatic carbocycles. The van der Waals surface area contributed by atoms with Gasteiger partial charge in [-0.2, -0.15) is 0 Å². The van der Waals surface area contributed by atoms with Gasteiger partial charge in [-0.25, -0.2) is 0 Å². The number of rotatable bonds is 6. The second kappa shape index (κ2) is 25.7. The van der Waals surface area contributed by atoms with E-state index in [2.05, 4.69) is 416 Å². The monoisotopic (exact) mass is 1420 g/mol. The van der Waals surface area contributed by atoms with Gasteiger partial charge in [0.1, 0.15) is 0 Å². The van der Waals surface area contributed by atoms with E-state index >= 15 is 0 Å². The summed E-state index contributed by atoms with van der Waals surface area (Å²) in [7, 11) is 0. The Morgan fingerprint density at radius 3 is 0.920 bits per heavy atom. The van der Waals surface area contributed by atoms with E-state index in [0.29, 0.717) is 0 Å². The molecular weight excluding hydrogens is 1350 g/mol. The van der Waals surface area contributed by atoms with Crippen molar-refractivity contribution in [1.82, 2.24) is 0 Å². The molecule has 4 atom stereocenters. The van der Waals surface area contributed by atoms with Crippen molar-refractivity contribution in [2.45, 2.75) is 62.2 Å². The van der Waals surface area contributed by atoms with E-state index in [1.807, 2.05) is 0 Å². The molecule has 0 radical (unpaired) electrons. The van der Waals surface area contributed by atoms with Crippen molar-refractivity contribution in [2.24, 2.45) is 0 Å². The summed E-state index contributed by atoms with van der Waals surface area (Å²) in [5, 5.41) is 15.5. The standard InChI is InChI=1S/C50H32.C42H28.C20H20/c1-3-15-33-29-35(27-25-31(33)13-1)45-37-17-5-8-20-40(37)47(41-21-9-6-18-38(41)45)49-44-24-12-11-23-43(44)48-46(39-19-7-10-22-42(39)50(48)49)36-28-26-32-14-2-4-16-34(32)30-36;1-3-12-29-24-32(22-20-27(29)10-1)31-14-9-15-33(26-31)39-35-16-5-7-18-37(35)42-40(36-17-6-8-19-38(36)41(39)42)34-23-21-28-11-2-4-13-30(28)25-34;1-19(2)15-11-7-5-9-13(15)18-17(19)14-10-6-8-12-16(14)20(18,3)4/h1-30,46,49H;1-26,39-40H;5-12H,1-4H3. The molecule has 0 heterocycles. The summed E-state index contributed by atoms with van der Waals surface area (Å²) < 4.78 is 0. The maximum Gasteiger partial charge on any atom is 0.0367 e. The van der Waals surface area contributed by atoms with Crippen LogP contribution in [0.15, 0.2) is 388 Å². The Kier molecular flexibility index (Phi) is 15.1. The zero-order valence-corrected chi connectivity index (χ0v) is 63.3. The first-order chi connectivity index (χ1) is 55.1.